The van der Waals surface area contributed by atoms with E-state index in [0.29, 0.717) is 54.6 Å². The van der Waals surface area contributed by atoms with Crippen LogP contribution in [0.5, 0.6) is 5.75 Å². The van der Waals surface area contributed by atoms with Gasteiger partial charge in [0.1, 0.15) is 17.3 Å². The van der Waals surface area contributed by atoms with Gasteiger partial charge in [0.15, 0.2) is 4.80 Å². The van der Waals surface area contributed by atoms with E-state index in [1.54, 1.807) is 63.4 Å². The second-order valence-electron chi connectivity index (χ2n) is 10.2. The van der Waals surface area contributed by atoms with Crippen LogP contribution in [0.3, 0.4) is 0 Å². The average Bonchev–Trinajstić information content (AvgIpc) is 3.64. The molecule has 0 bridgehead atoms. The maximum Gasteiger partial charge on any atom is 0.338 e. The molecule has 0 fully saturated rings. The van der Waals surface area contributed by atoms with Gasteiger partial charge < -0.3 is 13.9 Å². The van der Waals surface area contributed by atoms with Crippen molar-refractivity contribution in [2.75, 3.05) is 13.7 Å². The Hall–Kier alpha value is -5.55. The molecule has 0 saturated heterocycles. The number of furan rings is 1. The van der Waals surface area contributed by atoms with Crippen molar-refractivity contribution in [2.45, 2.75) is 19.9 Å². The Morgan fingerprint density at radius 1 is 1.09 bits per heavy atom. The van der Waals surface area contributed by atoms with Gasteiger partial charge in [0.25, 0.3) is 11.2 Å². The van der Waals surface area contributed by atoms with Crippen LogP contribution in [0.1, 0.15) is 35.4 Å². The number of rotatable bonds is 8. The monoisotopic (exact) mass is 621 g/mol. The Morgan fingerprint density at radius 3 is 2.60 bits per heavy atom. The smallest absolute Gasteiger partial charge is 0.338 e. The van der Waals surface area contributed by atoms with E-state index >= 15 is 0 Å². The highest BCUT2D eigenvalue weighted by Gasteiger charge is 2.35. The van der Waals surface area contributed by atoms with Gasteiger partial charge in [-0.05, 0) is 55.3 Å². The van der Waals surface area contributed by atoms with Gasteiger partial charge >= 0.3 is 5.97 Å². The van der Waals surface area contributed by atoms with E-state index in [1.165, 1.54) is 28.0 Å². The predicted molar refractivity (Wildman–Crippen MR) is 170 cm³/mol. The fraction of sp³-hybridized carbons (Fsp3) is 0.147. The first-order valence-corrected chi connectivity index (χ1v) is 14.9. The minimum absolute atomic E-state index is 0.00760. The number of aromatic nitrogens is 1. The zero-order valence-electron chi connectivity index (χ0n) is 24.6. The normalized spacial score (nSPS) is 14.6. The zero-order chi connectivity index (χ0) is 31.7. The molecule has 5 aromatic rings. The summed E-state index contributed by atoms with van der Waals surface area (Å²) in [4.78, 5) is 43.7. The number of nitro groups is 1. The number of nitro benzene ring substituents is 1. The Bertz CT molecular complexity index is 2160. The summed E-state index contributed by atoms with van der Waals surface area (Å²) >= 11 is 1.18. The molecule has 0 saturated carbocycles. The van der Waals surface area contributed by atoms with Gasteiger partial charge in [0.05, 0.1) is 40.5 Å². The molecule has 10 nitrogen and oxygen atoms in total. The standard InChI is InChI=1S/C34H27N3O7S/c1-4-43-33(39)29-30(21-9-6-5-7-10-21)35-34-36(31(29)22-11-8-12-24(18-22)42-3)32(38)28(45-34)19-25-14-16-27(44-25)26-15-13-23(37(40)41)17-20(26)2/h5-19,31H,4H2,1-3H3/b28-19-/t31-/m1/s1. The molecule has 0 N–H and O–H groups in total. The van der Waals surface area contributed by atoms with Gasteiger partial charge in [-0.15, -0.1) is 0 Å². The second-order valence-corrected chi connectivity index (χ2v) is 11.2. The molecule has 45 heavy (non-hydrogen) atoms. The maximum atomic E-state index is 14.1. The molecule has 1 aliphatic rings. The van der Waals surface area contributed by atoms with Crippen LogP contribution in [0.4, 0.5) is 5.69 Å². The highest BCUT2D eigenvalue weighted by atomic mass is 32.1. The Labute approximate surface area is 261 Å². The summed E-state index contributed by atoms with van der Waals surface area (Å²) in [5, 5.41) is 11.2. The quantitative estimate of drug-likeness (QED) is 0.129. The topological polar surface area (TPSA) is 126 Å². The molecule has 3 aromatic carbocycles. The van der Waals surface area contributed by atoms with Crippen LogP contribution < -0.4 is 19.6 Å². The molecule has 11 heteroatoms. The van der Waals surface area contributed by atoms with Crippen molar-refractivity contribution >= 4 is 34.8 Å². The molecule has 0 spiro atoms. The Balaban J connectivity index is 1.54. The third kappa shape index (κ3) is 5.61. The van der Waals surface area contributed by atoms with Crippen molar-refractivity contribution in [3.8, 4) is 17.1 Å². The summed E-state index contributed by atoms with van der Waals surface area (Å²) in [7, 11) is 1.55. The zero-order valence-corrected chi connectivity index (χ0v) is 25.4. The molecule has 1 aliphatic heterocycles. The lowest BCUT2D eigenvalue weighted by molar-refractivity contribution is -0.384. The van der Waals surface area contributed by atoms with Crippen LogP contribution in [0.2, 0.25) is 0 Å². The fourth-order valence-corrected chi connectivity index (χ4v) is 6.29. The number of fused-ring (bicyclic) bond motifs is 1. The van der Waals surface area contributed by atoms with Gasteiger partial charge in [-0.25, -0.2) is 9.79 Å². The SMILES string of the molecule is CCOC(=O)C1=C(c2ccccc2)N=c2s/c(=C\c3ccc(-c4ccc([N+](=O)[O-])cc4C)o3)c(=O)n2[C@@H]1c1cccc(OC)c1. The van der Waals surface area contributed by atoms with Gasteiger partial charge in [-0.3, -0.25) is 19.5 Å². The lowest BCUT2D eigenvalue weighted by Crippen LogP contribution is -2.40. The molecule has 2 aromatic heterocycles. The maximum absolute atomic E-state index is 14.1. The van der Waals surface area contributed by atoms with Crippen LogP contribution in [-0.4, -0.2) is 29.2 Å². The molecule has 3 heterocycles. The summed E-state index contributed by atoms with van der Waals surface area (Å²) < 4.78 is 18.9. The fourth-order valence-electron chi connectivity index (χ4n) is 5.31. The Kier molecular flexibility index (Phi) is 8.01. The lowest BCUT2D eigenvalue weighted by Gasteiger charge is -2.26. The van der Waals surface area contributed by atoms with Crippen molar-refractivity contribution in [3.63, 3.8) is 0 Å². The van der Waals surface area contributed by atoms with Gasteiger partial charge in [-0.2, -0.15) is 0 Å². The molecule has 0 amide bonds. The third-order valence-electron chi connectivity index (χ3n) is 7.37. The van der Waals surface area contributed by atoms with Gasteiger partial charge in [0.2, 0.25) is 0 Å². The van der Waals surface area contributed by atoms with E-state index < -0.39 is 16.9 Å². The Morgan fingerprint density at radius 2 is 1.89 bits per heavy atom. The van der Waals surface area contributed by atoms with Crippen molar-refractivity contribution < 1.29 is 23.6 Å². The number of hydrogen-bond acceptors (Lipinski definition) is 9. The van der Waals surface area contributed by atoms with Crippen molar-refractivity contribution in [2.24, 2.45) is 4.99 Å². The van der Waals surface area contributed by atoms with Gasteiger partial charge in [0, 0.05) is 29.3 Å². The number of methoxy groups -OCH3 is 1. The average molecular weight is 622 g/mol. The second kappa shape index (κ2) is 12.2. The molecule has 0 unspecified atom stereocenters. The van der Waals surface area contributed by atoms with E-state index in [1.807, 2.05) is 36.4 Å². The van der Waals surface area contributed by atoms with Crippen LogP contribution in [0, 0.1) is 17.0 Å². The van der Waals surface area contributed by atoms with Crippen molar-refractivity contribution in [1.29, 1.82) is 0 Å². The first-order chi connectivity index (χ1) is 21.8. The number of carbonyl (C=O) groups excluding carboxylic acids is 1. The van der Waals surface area contributed by atoms with Gasteiger partial charge in [-0.1, -0.05) is 53.8 Å². The minimum Gasteiger partial charge on any atom is -0.497 e. The molecular weight excluding hydrogens is 594 g/mol. The molecule has 6 rings (SSSR count). The summed E-state index contributed by atoms with van der Waals surface area (Å²) in [5.74, 6) is 0.919. The van der Waals surface area contributed by atoms with E-state index in [0.717, 1.165) is 0 Å². The number of carbonyl (C=O) groups is 1. The largest absolute Gasteiger partial charge is 0.497 e. The number of thiazole rings is 1. The van der Waals surface area contributed by atoms with Crippen molar-refractivity contribution in [1.82, 2.24) is 4.57 Å². The van der Waals surface area contributed by atoms with Crippen LogP contribution in [-0.2, 0) is 9.53 Å². The minimum atomic E-state index is -0.845. The number of aryl methyl sites for hydroxylation is 1. The lowest BCUT2D eigenvalue weighted by atomic mass is 9.93. The number of hydrogen-bond donors (Lipinski definition) is 0. The molecular formula is C34H27N3O7S. The van der Waals surface area contributed by atoms with Crippen LogP contribution in [0.25, 0.3) is 23.1 Å². The first kappa shape index (κ1) is 29.5. The van der Waals surface area contributed by atoms with Crippen LogP contribution >= 0.6 is 11.3 Å². The van der Waals surface area contributed by atoms with E-state index in [9.17, 15) is 19.7 Å². The van der Waals surface area contributed by atoms with E-state index in [4.69, 9.17) is 18.9 Å². The molecule has 0 radical (unpaired) electrons. The number of nitrogens with zero attached hydrogens (tertiary/aromatic N) is 3. The van der Waals surface area contributed by atoms with Crippen molar-refractivity contribution in [3.05, 3.63) is 143 Å². The number of esters is 1. The van der Waals surface area contributed by atoms with E-state index in [-0.39, 0.29) is 23.4 Å². The predicted octanol–water partition coefficient (Wildman–Crippen LogP) is 5.42. The van der Waals surface area contributed by atoms with E-state index in [2.05, 4.69) is 0 Å². The highest BCUT2D eigenvalue weighted by molar-refractivity contribution is 7.07. The summed E-state index contributed by atoms with van der Waals surface area (Å²) in [6.07, 6.45) is 1.63. The molecule has 1 atom stereocenters. The number of ether oxygens (including phenoxy) is 2. The molecule has 0 aliphatic carbocycles. The number of non-ortho nitro benzene ring substituents is 1. The first-order valence-electron chi connectivity index (χ1n) is 14.1. The summed E-state index contributed by atoms with van der Waals surface area (Å²) in [5.41, 5.74) is 3.04. The summed E-state index contributed by atoms with van der Waals surface area (Å²) in [6.45, 7) is 3.65. The molecule has 226 valence electrons. The van der Waals surface area contributed by atoms with Crippen LogP contribution in [0.15, 0.2) is 105 Å². The highest BCUT2D eigenvalue weighted by Crippen LogP contribution is 2.36. The summed E-state index contributed by atoms with van der Waals surface area (Å²) in [6, 6.07) is 23.7. The number of benzene rings is 3. The third-order valence-corrected chi connectivity index (χ3v) is 8.35.